The standard InChI is InChI=1S/C43H64N8O13/c1-7-12-28(37(58)42(63)45-23-32(53)44-21-20-27-13-9-8-10-14-27)47-40(61)31-15-11-22-51(31)43(64)36(25(4)5)50-41(62)35(24(2)3)49-39(60)30(17-19-34(56)57)48-38(59)29(46-26(6)52)16-18-33(54)55/h8-10,13-14,24-25,28-31,35-36H,7,11-12,15-23H2,1-6H3,(H,44,53)(H,45,63)(H,46,52)(H,47,61)(H,48,59)(H,49,60)(H,50,62)(H,54,55)(H,56,57)/t28-,29-,30-,31-,35-,36-/m0/s1. The minimum Gasteiger partial charge on any atom is -0.481 e. The van der Waals surface area contributed by atoms with Crippen LogP contribution in [-0.2, 0) is 59.2 Å². The van der Waals surface area contributed by atoms with Crippen molar-refractivity contribution in [3.63, 3.8) is 0 Å². The van der Waals surface area contributed by atoms with E-state index in [9.17, 15) is 57.8 Å². The fraction of sp³-hybridized carbons (Fsp3) is 0.605. The highest BCUT2D eigenvalue weighted by atomic mass is 16.4. The number of benzene rings is 1. The number of likely N-dealkylation sites (tertiary alicyclic amines) is 1. The Morgan fingerprint density at radius 3 is 1.80 bits per heavy atom. The summed E-state index contributed by atoms with van der Waals surface area (Å²) in [6.45, 7) is 9.33. The molecule has 0 spiro atoms. The van der Waals surface area contributed by atoms with Crippen LogP contribution >= 0.6 is 0 Å². The van der Waals surface area contributed by atoms with Crippen LogP contribution < -0.4 is 37.2 Å². The van der Waals surface area contributed by atoms with E-state index in [1.165, 1.54) is 4.90 Å². The maximum absolute atomic E-state index is 14.1. The minimum absolute atomic E-state index is 0.0936. The molecule has 2 rings (SSSR count). The van der Waals surface area contributed by atoms with E-state index >= 15 is 0 Å². The number of carboxylic acids is 2. The molecule has 1 aromatic carbocycles. The van der Waals surface area contributed by atoms with Crippen LogP contribution in [-0.4, -0.2) is 136 Å². The zero-order valence-electron chi connectivity index (χ0n) is 37.3. The van der Waals surface area contributed by atoms with Crippen molar-refractivity contribution in [2.24, 2.45) is 11.8 Å². The summed E-state index contributed by atoms with van der Waals surface area (Å²) in [5.41, 5.74) is 1.01. The second kappa shape index (κ2) is 26.9. The van der Waals surface area contributed by atoms with Crippen molar-refractivity contribution in [1.29, 1.82) is 0 Å². The first-order chi connectivity index (χ1) is 30.2. The lowest BCUT2D eigenvalue weighted by molar-refractivity contribution is -0.144. The quantitative estimate of drug-likeness (QED) is 0.0495. The molecule has 21 heteroatoms. The zero-order chi connectivity index (χ0) is 48.1. The first-order valence-corrected chi connectivity index (χ1v) is 21.5. The number of carboxylic acid groups (broad SMARTS) is 2. The fourth-order valence-electron chi connectivity index (χ4n) is 6.90. The van der Waals surface area contributed by atoms with Gasteiger partial charge < -0.3 is 52.3 Å². The Morgan fingerprint density at radius 2 is 1.25 bits per heavy atom. The van der Waals surface area contributed by atoms with Crippen LogP contribution in [0.3, 0.4) is 0 Å². The van der Waals surface area contributed by atoms with Gasteiger partial charge in [-0.25, -0.2) is 0 Å². The summed E-state index contributed by atoms with van der Waals surface area (Å²) in [7, 11) is 0. The van der Waals surface area contributed by atoms with Crippen LogP contribution in [0.1, 0.15) is 98.5 Å². The molecule has 0 bridgehead atoms. The molecule has 9 N–H and O–H groups in total. The van der Waals surface area contributed by atoms with Crippen LogP contribution in [0.4, 0.5) is 0 Å². The molecular formula is C43H64N8O13. The Labute approximate surface area is 372 Å². The number of nitrogens with zero attached hydrogens (tertiary/aromatic N) is 1. The lowest BCUT2D eigenvalue weighted by Gasteiger charge is -2.33. The summed E-state index contributed by atoms with van der Waals surface area (Å²) in [4.78, 5) is 142. The topological polar surface area (TPSA) is 316 Å². The highest BCUT2D eigenvalue weighted by Crippen LogP contribution is 2.21. The van der Waals surface area contributed by atoms with E-state index < -0.39 is 139 Å². The molecule has 0 aromatic heterocycles. The molecule has 6 atom stereocenters. The smallest absolute Gasteiger partial charge is 0.303 e. The van der Waals surface area contributed by atoms with Gasteiger partial charge in [0.1, 0.15) is 30.2 Å². The van der Waals surface area contributed by atoms with Gasteiger partial charge in [-0.3, -0.25) is 52.7 Å². The number of hydrogen-bond acceptors (Lipinski definition) is 11. The molecule has 21 nitrogen and oxygen atoms in total. The van der Waals surface area contributed by atoms with E-state index in [0.717, 1.165) is 12.5 Å². The summed E-state index contributed by atoms with van der Waals surface area (Å²) in [5, 5.41) is 35.9. The normalized spacial score (nSPS) is 15.7. The average molecular weight is 901 g/mol. The third-order valence-electron chi connectivity index (χ3n) is 10.4. The van der Waals surface area contributed by atoms with E-state index in [1.54, 1.807) is 34.6 Å². The van der Waals surface area contributed by atoms with E-state index in [1.807, 2.05) is 30.3 Å². The Kier molecular flexibility index (Phi) is 22.6. The van der Waals surface area contributed by atoms with E-state index in [-0.39, 0.29) is 25.8 Å². The van der Waals surface area contributed by atoms with Crippen LogP contribution in [0.5, 0.6) is 0 Å². The maximum atomic E-state index is 14.1. The average Bonchev–Trinajstić information content (AvgIpc) is 3.73. The Balaban J connectivity index is 2.15. The zero-order valence-corrected chi connectivity index (χ0v) is 37.3. The Bertz CT molecular complexity index is 1840. The molecule has 354 valence electrons. The van der Waals surface area contributed by atoms with Gasteiger partial charge in [-0.1, -0.05) is 71.4 Å². The SMILES string of the molecule is CCC[C@H](NC(=O)[C@@H]1CCCN1C(=O)[C@@H](NC(=O)[C@@H](NC(=O)[C@H](CCC(=O)O)NC(=O)[C@H](CCC(=O)O)NC(C)=O)C(C)C)C(C)C)C(=O)C(=O)NCC(=O)NCCc1ccccc1. The van der Waals surface area contributed by atoms with Gasteiger partial charge in [0, 0.05) is 32.9 Å². The first kappa shape index (κ1) is 53.7. The van der Waals surface area contributed by atoms with Crippen molar-refractivity contribution < 1.29 is 63.0 Å². The molecule has 1 aromatic rings. The number of Topliss-reactive ketones (excluding diaryl/α,β-unsaturated/α-hetero) is 1. The molecule has 8 amide bonds. The van der Waals surface area contributed by atoms with Crippen molar-refractivity contribution >= 4 is 65.0 Å². The molecule has 0 saturated carbocycles. The lowest BCUT2D eigenvalue weighted by atomic mass is 9.98. The number of ketones is 1. The van der Waals surface area contributed by atoms with Gasteiger partial charge in [0.25, 0.3) is 5.91 Å². The first-order valence-electron chi connectivity index (χ1n) is 21.5. The van der Waals surface area contributed by atoms with E-state index in [0.29, 0.717) is 25.8 Å². The summed E-state index contributed by atoms with van der Waals surface area (Å²) < 4.78 is 0. The Hall–Kier alpha value is -6.41. The number of hydrogen-bond donors (Lipinski definition) is 9. The molecule has 1 fully saturated rings. The molecule has 1 aliphatic rings. The predicted octanol–water partition coefficient (Wildman–Crippen LogP) is -0.693. The lowest BCUT2D eigenvalue weighted by Crippen LogP contribution is -2.61. The minimum atomic E-state index is -1.53. The van der Waals surface area contributed by atoms with Crippen molar-refractivity contribution in [2.75, 3.05) is 19.6 Å². The second-order valence-electron chi connectivity index (χ2n) is 16.3. The summed E-state index contributed by atoms with van der Waals surface area (Å²) >= 11 is 0. The summed E-state index contributed by atoms with van der Waals surface area (Å²) in [6, 6.07) is 1.68. The van der Waals surface area contributed by atoms with Crippen LogP contribution in [0.25, 0.3) is 0 Å². The van der Waals surface area contributed by atoms with Gasteiger partial charge in [-0.2, -0.15) is 0 Å². The van der Waals surface area contributed by atoms with E-state index in [2.05, 4.69) is 37.2 Å². The molecule has 64 heavy (non-hydrogen) atoms. The third-order valence-corrected chi connectivity index (χ3v) is 10.4. The van der Waals surface area contributed by atoms with Crippen molar-refractivity contribution in [2.45, 2.75) is 136 Å². The molecule has 1 saturated heterocycles. The van der Waals surface area contributed by atoms with Crippen LogP contribution in [0.15, 0.2) is 30.3 Å². The number of rotatable bonds is 27. The summed E-state index contributed by atoms with van der Waals surface area (Å²) in [6.07, 6.45) is -0.166. The molecule has 0 unspecified atom stereocenters. The van der Waals surface area contributed by atoms with Gasteiger partial charge in [-0.15, -0.1) is 0 Å². The maximum Gasteiger partial charge on any atom is 0.303 e. The number of carbonyl (C=O) groups is 11. The summed E-state index contributed by atoms with van der Waals surface area (Å²) in [5.74, 6) is -10.9. The van der Waals surface area contributed by atoms with Crippen LogP contribution in [0, 0.1) is 11.8 Å². The largest absolute Gasteiger partial charge is 0.481 e. The van der Waals surface area contributed by atoms with Crippen molar-refractivity contribution in [3.05, 3.63) is 35.9 Å². The second-order valence-corrected chi connectivity index (χ2v) is 16.3. The predicted molar refractivity (Wildman–Crippen MR) is 230 cm³/mol. The van der Waals surface area contributed by atoms with Gasteiger partial charge in [0.2, 0.25) is 47.1 Å². The molecule has 0 aliphatic carbocycles. The number of amides is 8. The molecule has 1 heterocycles. The number of carbonyl (C=O) groups excluding carboxylic acids is 9. The highest BCUT2D eigenvalue weighted by Gasteiger charge is 2.41. The van der Waals surface area contributed by atoms with Gasteiger partial charge >= 0.3 is 11.9 Å². The molecule has 1 aliphatic heterocycles. The van der Waals surface area contributed by atoms with Gasteiger partial charge in [-0.05, 0) is 55.9 Å². The highest BCUT2D eigenvalue weighted by molar-refractivity contribution is 6.38. The van der Waals surface area contributed by atoms with Gasteiger partial charge in [0.15, 0.2) is 0 Å². The van der Waals surface area contributed by atoms with Crippen LogP contribution in [0.2, 0.25) is 0 Å². The molecule has 0 radical (unpaired) electrons. The van der Waals surface area contributed by atoms with Crippen molar-refractivity contribution in [1.82, 2.24) is 42.1 Å². The number of nitrogens with one attached hydrogen (secondary N) is 7. The third kappa shape index (κ3) is 18.1. The fourth-order valence-corrected chi connectivity index (χ4v) is 6.90. The van der Waals surface area contributed by atoms with E-state index in [4.69, 9.17) is 5.11 Å². The van der Waals surface area contributed by atoms with Crippen molar-refractivity contribution in [3.8, 4) is 0 Å². The number of aliphatic carboxylic acids is 2. The molecular weight excluding hydrogens is 837 g/mol. The van der Waals surface area contributed by atoms with Gasteiger partial charge in [0.05, 0.1) is 12.6 Å². The monoisotopic (exact) mass is 900 g/mol. The Morgan fingerprint density at radius 1 is 0.688 bits per heavy atom.